The van der Waals surface area contributed by atoms with Crippen molar-refractivity contribution in [1.29, 1.82) is 0 Å². The van der Waals surface area contributed by atoms with Crippen molar-refractivity contribution in [1.82, 2.24) is 9.78 Å². The van der Waals surface area contributed by atoms with E-state index >= 15 is 0 Å². The van der Waals surface area contributed by atoms with E-state index in [9.17, 15) is 0 Å². The fraction of sp³-hybridized carbons (Fsp3) is 0.500. The largest absolute Gasteiger partial charge is 0.370 e. The maximum Gasteiger partial charge on any atom is 0.125 e. The van der Waals surface area contributed by atoms with Gasteiger partial charge in [-0.1, -0.05) is 43.7 Å². The molecule has 21 heavy (non-hydrogen) atoms. The molecule has 0 fully saturated rings. The maximum atomic E-state index is 4.86. The SMILES string of the molecule is Cc1ccc(C2CCNc3cc(CCC(C)C)nn32)cc1. The third-order valence-corrected chi connectivity index (χ3v) is 4.25. The van der Waals surface area contributed by atoms with Gasteiger partial charge in [-0.25, -0.2) is 4.68 Å². The Morgan fingerprint density at radius 3 is 2.76 bits per heavy atom. The molecule has 1 aliphatic rings. The zero-order valence-electron chi connectivity index (χ0n) is 13.3. The molecule has 112 valence electrons. The highest BCUT2D eigenvalue weighted by Crippen LogP contribution is 2.30. The lowest BCUT2D eigenvalue weighted by atomic mass is 10.0. The van der Waals surface area contributed by atoms with Crippen LogP contribution in [-0.2, 0) is 6.42 Å². The summed E-state index contributed by atoms with van der Waals surface area (Å²) < 4.78 is 2.18. The van der Waals surface area contributed by atoms with Crippen molar-refractivity contribution in [2.45, 2.75) is 46.1 Å². The number of nitrogens with one attached hydrogen (secondary N) is 1. The first kappa shape index (κ1) is 14.2. The minimum atomic E-state index is 0.370. The second-order valence-corrected chi connectivity index (χ2v) is 6.54. The first-order valence-electron chi connectivity index (χ1n) is 8.02. The number of nitrogens with zero attached hydrogens (tertiary/aromatic N) is 2. The van der Waals surface area contributed by atoms with E-state index in [0.29, 0.717) is 6.04 Å². The molecule has 0 saturated carbocycles. The van der Waals surface area contributed by atoms with E-state index in [1.54, 1.807) is 0 Å². The molecule has 1 atom stereocenters. The van der Waals surface area contributed by atoms with Crippen molar-refractivity contribution in [3.63, 3.8) is 0 Å². The van der Waals surface area contributed by atoms with E-state index in [4.69, 9.17) is 5.10 Å². The summed E-state index contributed by atoms with van der Waals surface area (Å²) in [5.41, 5.74) is 3.89. The van der Waals surface area contributed by atoms with Gasteiger partial charge in [-0.15, -0.1) is 0 Å². The molecule has 0 amide bonds. The lowest BCUT2D eigenvalue weighted by Crippen LogP contribution is -2.24. The maximum absolute atomic E-state index is 4.86. The Balaban J connectivity index is 1.85. The van der Waals surface area contributed by atoms with Gasteiger partial charge in [0.1, 0.15) is 5.82 Å². The average Bonchev–Trinajstić information content (AvgIpc) is 2.89. The second kappa shape index (κ2) is 5.92. The molecule has 1 unspecified atom stereocenters. The van der Waals surface area contributed by atoms with E-state index in [2.05, 4.69) is 61.1 Å². The highest BCUT2D eigenvalue weighted by atomic mass is 15.4. The number of benzene rings is 1. The molecule has 0 saturated heterocycles. The smallest absolute Gasteiger partial charge is 0.125 e. The van der Waals surface area contributed by atoms with Gasteiger partial charge in [0.05, 0.1) is 11.7 Å². The number of hydrogen-bond acceptors (Lipinski definition) is 2. The summed E-state index contributed by atoms with van der Waals surface area (Å²) in [7, 11) is 0. The quantitative estimate of drug-likeness (QED) is 0.912. The Bertz CT molecular complexity index is 595. The van der Waals surface area contributed by atoms with Crippen LogP contribution in [0.15, 0.2) is 30.3 Å². The van der Waals surface area contributed by atoms with Crippen molar-refractivity contribution < 1.29 is 0 Å². The zero-order chi connectivity index (χ0) is 14.8. The van der Waals surface area contributed by atoms with Gasteiger partial charge >= 0.3 is 0 Å². The van der Waals surface area contributed by atoms with E-state index in [0.717, 1.165) is 25.3 Å². The first-order chi connectivity index (χ1) is 10.1. The predicted octanol–water partition coefficient (Wildman–Crippen LogP) is 4.19. The number of fused-ring (bicyclic) bond motifs is 1. The molecule has 3 heteroatoms. The third-order valence-electron chi connectivity index (χ3n) is 4.25. The van der Waals surface area contributed by atoms with Gasteiger partial charge in [-0.3, -0.25) is 0 Å². The molecule has 1 aromatic heterocycles. The van der Waals surface area contributed by atoms with Crippen molar-refractivity contribution in [3.8, 4) is 0 Å². The molecule has 0 spiro atoms. The van der Waals surface area contributed by atoms with Crippen LogP contribution < -0.4 is 5.32 Å². The summed E-state index contributed by atoms with van der Waals surface area (Å²) in [4.78, 5) is 0. The van der Waals surface area contributed by atoms with Crippen molar-refractivity contribution in [2.24, 2.45) is 5.92 Å². The monoisotopic (exact) mass is 283 g/mol. The average molecular weight is 283 g/mol. The van der Waals surface area contributed by atoms with Crippen LogP contribution in [0.4, 0.5) is 5.82 Å². The number of rotatable bonds is 4. The van der Waals surface area contributed by atoms with Gasteiger partial charge < -0.3 is 5.32 Å². The zero-order valence-corrected chi connectivity index (χ0v) is 13.3. The fourth-order valence-electron chi connectivity index (χ4n) is 2.93. The fourth-order valence-corrected chi connectivity index (χ4v) is 2.93. The lowest BCUT2D eigenvalue weighted by molar-refractivity contribution is 0.475. The van der Waals surface area contributed by atoms with Gasteiger partial charge in [0, 0.05) is 12.6 Å². The standard InChI is InChI=1S/C18H25N3/c1-13(2)4-9-16-12-18-19-11-10-17(21(18)20-16)15-7-5-14(3)6-8-15/h5-8,12-13,17,19H,4,9-11H2,1-3H3. The summed E-state index contributed by atoms with van der Waals surface area (Å²) in [6, 6.07) is 11.5. The van der Waals surface area contributed by atoms with E-state index in [1.165, 1.54) is 29.1 Å². The van der Waals surface area contributed by atoms with Gasteiger partial charge in [-0.05, 0) is 37.7 Å². The van der Waals surface area contributed by atoms with Crippen LogP contribution >= 0.6 is 0 Å². The first-order valence-corrected chi connectivity index (χ1v) is 8.02. The summed E-state index contributed by atoms with van der Waals surface area (Å²) in [5, 5.41) is 8.34. The topological polar surface area (TPSA) is 29.9 Å². The minimum Gasteiger partial charge on any atom is -0.370 e. The molecule has 0 bridgehead atoms. The minimum absolute atomic E-state index is 0.370. The van der Waals surface area contributed by atoms with Gasteiger partial charge in [0.15, 0.2) is 0 Å². The Morgan fingerprint density at radius 2 is 2.05 bits per heavy atom. The molecule has 1 N–H and O–H groups in total. The highest BCUT2D eigenvalue weighted by molar-refractivity contribution is 5.41. The van der Waals surface area contributed by atoms with Crippen LogP contribution in [0.3, 0.4) is 0 Å². The summed E-state index contributed by atoms with van der Waals surface area (Å²) in [6.45, 7) is 7.69. The number of aromatic nitrogens is 2. The summed E-state index contributed by atoms with van der Waals surface area (Å²) >= 11 is 0. The molecule has 0 radical (unpaired) electrons. The molecular weight excluding hydrogens is 258 g/mol. The van der Waals surface area contributed by atoms with E-state index < -0.39 is 0 Å². The van der Waals surface area contributed by atoms with Gasteiger partial charge in [0.25, 0.3) is 0 Å². The van der Waals surface area contributed by atoms with Crippen LogP contribution in [-0.4, -0.2) is 16.3 Å². The predicted molar refractivity (Wildman–Crippen MR) is 87.8 cm³/mol. The number of hydrogen-bond donors (Lipinski definition) is 1. The Hall–Kier alpha value is -1.77. The molecule has 2 heterocycles. The van der Waals surface area contributed by atoms with Crippen molar-refractivity contribution >= 4 is 5.82 Å². The molecule has 3 nitrogen and oxygen atoms in total. The lowest BCUT2D eigenvalue weighted by Gasteiger charge is -2.26. The molecule has 1 aliphatic heterocycles. The summed E-state index contributed by atoms with van der Waals surface area (Å²) in [5.74, 6) is 1.90. The van der Waals surface area contributed by atoms with Crippen LogP contribution in [0, 0.1) is 12.8 Å². The van der Waals surface area contributed by atoms with Crippen LogP contribution in [0.2, 0.25) is 0 Å². The second-order valence-electron chi connectivity index (χ2n) is 6.54. The van der Waals surface area contributed by atoms with Crippen LogP contribution in [0.25, 0.3) is 0 Å². The highest BCUT2D eigenvalue weighted by Gasteiger charge is 2.22. The van der Waals surface area contributed by atoms with E-state index in [-0.39, 0.29) is 0 Å². The third kappa shape index (κ3) is 3.12. The summed E-state index contributed by atoms with van der Waals surface area (Å²) in [6.07, 6.45) is 3.37. The van der Waals surface area contributed by atoms with Crippen LogP contribution in [0.1, 0.15) is 49.6 Å². The van der Waals surface area contributed by atoms with Gasteiger partial charge in [-0.2, -0.15) is 5.10 Å². The van der Waals surface area contributed by atoms with E-state index in [1.807, 2.05) is 0 Å². The number of anilines is 1. The molecule has 1 aromatic carbocycles. The normalized spacial score (nSPS) is 17.6. The molecular formula is C18H25N3. The molecule has 0 aliphatic carbocycles. The Labute approximate surface area is 127 Å². The Kier molecular flexibility index (Phi) is 4.00. The van der Waals surface area contributed by atoms with Gasteiger partial charge in [0.2, 0.25) is 0 Å². The Morgan fingerprint density at radius 1 is 1.29 bits per heavy atom. The molecule has 2 aromatic rings. The van der Waals surface area contributed by atoms with Crippen molar-refractivity contribution in [2.75, 3.05) is 11.9 Å². The van der Waals surface area contributed by atoms with Crippen LogP contribution in [0.5, 0.6) is 0 Å². The molecule has 3 rings (SSSR count). The van der Waals surface area contributed by atoms with Crippen molar-refractivity contribution in [3.05, 3.63) is 47.2 Å². The number of aryl methyl sites for hydroxylation is 2.